The van der Waals surface area contributed by atoms with Crippen molar-refractivity contribution in [1.29, 1.82) is 0 Å². The Hall–Kier alpha value is -2.62. The number of carbonyl (C=O) groups is 1. The monoisotopic (exact) mass is 286 g/mol. The van der Waals surface area contributed by atoms with Crippen molar-refractivity contribution in [2.24, 2.45) is 0 Å². The quantitative estimate of drug-likeness (QED) is 0.620. The van der Waals surface area contributed by atoms with E-state index in [0.29, 0.717) is 11.1 Å². The predicted octanol–water partition coefficient (Wildman–Crippen LogP) is 3.74. The number of hydrogen-bond acceptors (Lipinski definition) is 3. The molecular formula is C17H15FO3. The predicted molar refractivity (Wildman–Crippen MR) is 79.3 cm³/mol. The van der Waals surface area contributed by atoms with E-state index in [-0.39, 0.29) is 17.3 Å². The SMILES string of the molecule is COc1c(F)ccc(C=CC(=O)c2ccccc2)c1OC. The molecule has 0 aliphatic heterocycles. The van der Waals surface area contributed by atoms with Crippen LogP contribution in [0.4, 0.5) is 4.39 Å². The van der Waals surface area contributed by atoms with Gasteiger partial charge in [-0.15, -0.1) is 0 Å². The van der Waals surface area contributed by atoms with E-state index in [4.69, 9.17) is 9.47 Å². The lowest BCUT2D eigenvalue weighted by molar-refractivity contribution is 0.104. The lowest BCUT2D eigenvalue weighted by Crippen LogP contribution is -1.97. The number of benzene rings is 2. The van der Waals surface area contributed by atoms with Gasteiger partial charge in [0.05, 0.1) is 14.2 Å². The van der Waals surface area contributed by atoms with Crippen molar-refractivity contribution in [2.45, 2.75) is 0 Å². The number of methoxy groups -OCH3 is 2. The molecule has 21 heavy (non-hydrogen) atoms. The number of rotatable bonds is 5. The van der Waals surface area contributed by atoms with E-state index in [0.717, 1.165) is 0 Å². The average molecular weight is 286 g/mol. The highest BCUT2D eigenvalue weighted by molar-refractivity contribution is 6.06. The van der Waals surface area contributed by atoms with E-state index in [2.05, 4.69) is 0 Å². The van der Waals surface area contributed by atoms with Gasteiger partial charge in [0.1, 0.15) is 0 Å². The fourth-order valence-corrected chi connectivity index (χ4v) is 1.95. The third kappa shape index (κ3) is 3.28. The Morgan fingerprint density at radius 3 is 2.29 bits per heavy atom. The Kier molecular flexibility index (Phi) is 4.72. The summed E-state index contributed by atoms with van der Waals surface area (Å²) >= 11 is 0. The first-order valence-electron chi connectivity index (χ1n) is 6.35. The van der Waals surface area contributed by atoms with Crippen LogP contribution in [0.5, 0.6) is 11.5 Å². The van der Waals surface area contributed by atoms with Gasteiger partial charge in [0, 0.05) is 11.1 Å². The molecule has 108 valence electrons. The van der Waals surface area contributed by atoms with Crippen LogP contribution in [0, 0.1) is 5.82 Å². The largest absolute Gasteiger partial charge is 0.492 e. The molecule has 0 saturated carbocycles. The first-order chi connectivity index (χ1) is 10.2. The van der Waals surface area contributed by atoms with Gasteiger partial charge in [0.15, 0.2) is 23.1 Å². The second kappa shape index (κ2) is 6.70. The highest BCUT2D eigenvalue weighted by atomic mass is 19.1. The first-order valence-corrected chi connectivity index (χ1v) is 6.35. The molecule has 0 amide bonds. The molecule has 0 atom stereocenters. The van der Waals surface area contributed by atoms with Crippen LogP contribution in [0.3, 0.4) is 0 Å². The Balaban J connectivity index is 2.31. The molecular weight excluding hydrogens is 271 g/mol. The molecule has 2 rings (SSSR count). The van der Waals surface area contributed by atoms with Gasteiger partial charge < -0.3 is 9.47 Å². The number of halogens is 1. The van der Waals surface area contributed by atoms with E-state index in [1.807, 2.05) is 6.07 Å². The molecule has 3 nitrogen and oxygen atoms in total. The summed E-state index contributed by atoms with van der Waals surface area (Å²) in [5.74, 6) is -0.372. The minimum absolute atomic E-state index is 0.0202. The van der Waals surface area contributed by atoms with E-state index in [9.17, 15) is 9.18 Å². The van der Waals surface area contributed by atoms with E-state index in [1.54, 1.807) is 30.3 Å². The Morgan fingerprint density at radius 2 is 1.67 bits per heavy atom. The number of hydrogen-bond donors (Lipinski definition) is 0. The van der Waals surface area contributed by atoms with Crippen LogP contribution in [0.1, 0.15) is 15.9 Å². The number of ether oxygens (including phenoxy) is 2. The lowest BCUT2D eigenvalue weighted by Gasteiger charge is -2.10. The average Bonchev–Trinajstić information content (AvgIpc) is 2.53. The molecule has 0 saturated heterocycles. The van der Waals surface area contributed by atoms with Crippen molar-refractivity contribution in [3.8, 4) is 11.5 Å². The van der Waals surface area contributed by atoms with E-state index < -0.39 is 5.82 Å². The molecule has 0 unspecified atom stereocenters. The fraction of sp³-hybridized carbons (Fsp3) is 0.118. The maximum atomic E-state index is 13.6. The summed E-state index contributed by atoms with van der Waals surface area (Å²) in [7, 11) is 2.79. The van der Waals surface area contributed by atoms with Gasteiger partial charge in [-0.3, -0.25) is 4.79 Å². The molecule has 4 heteroatoms. The second-order valence-corrected chi connectivity index (χ2v) is 4.27. The highest BCUT2D eigenvalue weighted by Gasteiger charge is 2.13. The zero-order valence-corrected chi connectivity index (χ0v) is 11.8. The normalized spacial score (nSPS) is 10.6. The zero-order valence-electron chi connectivity index (χ0n) is 11.8. The molecule has 0 aliphatic rings. The number of carbonyl (C=O) groups excluding carboxylic acids is 1. The van der Waals surface area contributed by atoms with Crippen LogP contribution in [0.15, 0.2) is 48.5 Å². The lowest BCUT2D eigenvalue weighted by atomic mass is 10.1. The Morgan fingerprint density at radius 1 is 1.00 bits per heavy atom. The molecule has 2 aromatic carbocycles. The maximum absolute atomic E-state index is 13.6. The van der Waals surface area contributed by atoms with Crippen molar-refractivity contribution < 1.29 is 18.7 Å². The number of ketones is 1. The van der Waals surface area contributed by atoms with Crippen molar-refractivity contribution in [3.63, 3.8) is 0 Å². The summed E-state index contributed by atoms with van der Waals surface area (Å²) in [5, 5.41) is 0. The molecule has 0 heterocycles. The fourth-order valence-electron chi connectivity index (χ4n) is 1.95. The summed E-state index contributed by atoms with van der Waals surface area (Å²) in [6.07, 6.45) is 3.00. The summed E-state index contributed by atoms with van der Waals surface area (Å²) in [6, 6.07) is 11.7. The van der Waals surface area contributed by atoms with Crippen LogP contribution in [0.25, 0.3) is 6.08 Å². The van der Waals surface area contributed by atoms with Crippen LogP contribution >= 0.6 is 0 Å². The Labute approximate surface area is 122 Å². The minimum atomic E-state index is -0.513. The van der Waals surface area contributed by atoms with Gasteiger partial charge in [0.2, 0.25) is 0 Å². The van der Waals surface area contributed by atoms with Gasteiger partial charge in [-0.25, -0.2) is 4.39 Å². The van der Waals surface area contributed by atoms with Gasteiger partial charge in [-0.2, -0.15) is 0 Å². The molecule has 0 N–H and O–H groups in total. The summed E-state index contributed by atoms with van der Waals surface area (Å²) in [6.45, 7) is 0. The molecule has 2 aromatic rings. The van der Waals surface area contributed by atoms with Crippen LogP contribution in [-0.4, -0.2) is 20.0 Å². The molecule has 0 radical (unpaired) electrons. The van der Waals surface area contributed by atoms with Crippen molar-refractivity contribution >= 4 is 11.9 Å². The van der Waals surface area contributed by atoms with Crippen molar-refractivity contribution in [2.75, 3.05) is 14.2 Å². The first kappa shape index (κ1) is 14.8. The van der Waals surface area contributed by atoms with Crippen molar-refractivity contribution in [1.82, 2.24) is 0 Å². The summed E-state index contributed by atoms with van der Waals surface area (Å²) < 4.78 is 23.7. The molecule has 0 aromatic heterocycles. The minimum Gasteiger partial charge on any atom is -0.492 e. The van der Waals surface area contributed by atoms with Gasteiger partial charge in [-0.1, -0.05) is 30.3 Å². The third-order valence-corrected chi connectivity index (χ3v) is 2.98. The molecule has 0 fully saturated rings. The van der Waals surface area contributed by atoms with Crippen LogP contribution < -0.4 is 9.47 Å². The van der Waals surface area contributed by atoms with Gasteiger partial charge in [0.25, 0.3) is 0 Å². The molecule has 0 bridgehead atoms. The third-order valence-electron chi connectivity index (χ3n) is 2.98. The standard InChI is InChI=1S/C17H15FO3/c1-20-16-13(8-10-14(18)17(16)21-2)9-11-15(19)12-6-4-3-5-7-12/h3-11H,1-2H3. The highest BCUT2D eigenvalue weighted by Crippen LogP contribution is 2.34. The second-order valence-electron chi connectivity index (χ2n) is 4.27. The van der Waals surface area contributed by atoms with Crippen LogP contribution in [0.2, 0.25) is 0 Å². The zero-order chi connectivity index (χ0) is 15.2. The van der Waals surface area contributed by atoms with Gasteiger partial charge in [-0.05, 0) is 24.3 Å². The van der Waals surface area contributed by atoms with Gasteiger partial charge >= 0.3 is 0 Å². The van der Waals surface area contributed by atoms with Crippen molar-refractivity contribution in [3.05, 3.63) is 65.5 Å². The number of allylic oxidation sites excluding steroid dienone is 1. The van der Waals surface area contributed by atoms with Crippen LogP contribution in [-0.2, 0) is 0 Å². The van der Waals surface area contributed by atoms with E-state index >= 15 is 0 Å². The topological polar surface area (TPSA) is 35.5 Å². The molecule has 0 aliphatic carbocycles. The summed E-state index contributed by atoms with van der Waals surface area (Å²) in [4.78, 5) is 12.0. The summed E-state index contributed by atoms with van der Waals surface area (Å²) in [5.41, 5.74) is 1.15. The maximum Gasteiger partial charge on any atom is 0.197 e. The molecule has 0 spiro atoms. The Bertz CT molecular complexity index is 663. The van der Waals surface area contributed by atoms with E-state index in [1.165, 1.54) is 32.4 Å². The smallest absolute Gasteiger partial charge is 0.197 e.